The molecule has 1 aromatic heterocycles. The van der Waals surface area contributed by atoms with Crippen LogP contribution in [0.1, 0.15) is 37.4 Å². The largest absolute Gasteiger partial charge is 0.393 e. The molecule has 80 valence electrons. The quantitative estimate of drug-likeness (QED) is 0.773. The van der Waals surface area contributed by atoms with E-state index in [1.54, 1.807) is 0 Å². The molecule has 0 bridgehead atoms. The number of hydrogen-bond donors (Lipinski definition) is 2. The van der Waals surface area contributed by atoms with Gasteiger partial charge < -0.3 is 11.1 Å². The minimum atomic E-state index is 0.384. The van der Waals surface area contributed by atoms with Crippen LogP contribution in [0, 0.1) is 0 Å². The monoisotopic (exact) mass is 224 g/mol. The van der Waals surface area contributed by atoms with Gasteiger partial charge in [0.15, 0.2) is 11.0 Å². The summed E-state index contributed by atoms with van der Waals surface area (Å²) in [6.45, 7) is 0. The number of rotatable bonds is 3. The maximum absolute atomic E-state index is 5.98. The Balaban J connectivity index is 1.93. The summed E-state index contributed by atoms with van der Waals surface area (Å²) in [5, 5.41) is 3.67. The lowest BCUT2D eigenvalue weighted by molar-refractivity contribution is 0.923. The van der Waals surface area contributed by atoms with Crippen molar-refractivity contribution in [3.05, 3.63) is 11.0 Å². The maximum Gasteiger partial charge on any atom is 0.157 e. The lowest BCUT2D eigenvalue weighted by Crippen LogP contribution is -2.09. The fourth-order valence-corrected chi connectivity index (χ4v) is 1.69. The van der Waals surface area contributed by atoms with E-state index in [1.165, 1.54) is 25.7 Å². The number of halogens is 1. The van der Waals surface area contributed by atoms with Crippen molar-refractivity contribution < 1.29 is 0 Å². The highest BCUT2D eigenvalue weighted by molar-refractivity contribution is 6.32. The molecule has 0 radical (unpaired) electrons. The van der Waals surface area contributed by atoms with Gasteiger partial charge in [-0.3, -0.25) is 0 Å². The number of aromatic nitrogens is 2. The van der Waals surface area contributed by atoms with Gasteiger partial charge in [-0.25, -0.2) is 9.97 Å². The molecule has 0 amide bonds. The lowest BCUT2D eigenvalue weighted by atomic mass is 10.3. The summed E-state index contributed by atoms with van der Waals surface area (Å²) in [7, 11) is 0. The summed E-state index contributed by atoms with van der Waals surface area (Å²) >= 11 is 5.98. The van der Waals surface area contributed by atoms with Gasteiger partial charge in [0, 0.05) is 12.0 Å². The molecule has 4 nitrogen and oxygen atoms in total. The summed E-state index contributed by atoms with van der Waals surface area (Å²) in [5.74, 6) is 2.07. The summed E-state index contributed by atoms with van der Waals surface area (Å²) in [4.78, 5) is 8.66. The first kappa shape index (κ1) is 9.21. The van der Waals surface area contributed by atoms with Crippen molar-refractivity contribution in [2.45, 2.75) is 37.6 Å². The number of nitrogen functional groups attached to an aromatic ring is 1. The van der Waals surface area contributed by atoms with Gasteiger partial charge in [0.2, 0.25) is 0 Å². The summed E-state index contributed by atoms with van der Waals surface area (Å²) in [6.07, 6.45) is 4.73. The van der Waals surface area contributed by atoms with Crippen LogP contribution in [0.15, 0.2) is 0 Å². The number of nitrogens with zero attached hydrogens (tertiary/aromatic N) is 2. The highest BCUT2D eigenvalue weighted by Crippen LogP contribution is 2.40. The molecular formula is C10H13ClN4. The summed E-state index contributed by atoms with van der Waals surface area (Å²) in [5.41, 5.74) is 6.31. The number of hydrogen-bond acceptors (Lipinski definition) is 4. The average molecular weight is 225 g/mol. The lowest BCUT2D eigenvalue weighted by Gasteiger charge is -2.09. The fourth-order valence-electron chi connectivity index (χ4n) is 1.51. The smallest absolute Gasteiger partial charge is 0.157 e. The average Bonchev–Trinajstić information content (AvgIpc) is 3.03. The highest BCUT2D eigenvalue weighted by Gasteiger charge is 2.29. The molecule has 0 atom stereocenters. The van der Waals surface area contributed by atoms with Crippen molar-refractivity contribution in [2.24, 2.45) is 0 Å². The standard InChI is InChI=1S/C10H13ClN4/c11-8-7(12)10(13-6-3-4-6)15-9(14-8)5-1-2-5/h5-6H,1-4,12H2,(H,13,14,15). The van der Waals surface area contributed by atoms with Gasteiger partial charge in [-0.15, -0.1) is 0 Å². The first-order chi connectivity index (χ1) is 7.24. The second-order valence-corrected chi connectivity index (χ2v) is 4.69. The zero-order chi connectivity index (χ0) is 10.4. The number of nitrogens with two attached hydrogens (primary N) is 1. The van der Waals surface area contributed by atoms with Gasteiger partial charge in [0.1, 0.15) is 11.5 Å². The molecular weight excluding hydrogens is 212 g/mol. The molecule has 3 N–H and O–H groups in total. The molecule has 0 saturated heterocycles. The molecule has 1 heterocycles. The van der Waals surface area contributed by atoms with Crippen LogP contribution in [0.25, 0.3) is 0 Å². The third-order valence-corrected chi connectivity index (χ3v) is 3.07. The summed E-state index contributed by atoms with van der Waals surface area (Å²) in [6, 6.07) is 0.533. The third kappa shape index (κ3) is 1.86. The van der Waals surface area contributed by atoms with Crippen LogP contribution in [0.4, 0.5) is 11.5 Å². The Morgan fingerprint density at radius 1 is 1.20 bits per heavy atom. The first-order valence-electron chi connectivity index (χ1n) is 5.33. The van der Waals surface area contributed by atoms with E-state index in [9.17, 15) is 0 Å². The normalized spacial score (nSPS) is 20.3. The third-order valence-electron chi connectivity index (χ3n) is 2.78. The topological polar surface area (TPSA) is 63.8 Å². The van der Waals surface area contributed by atoms with Crippen molar-refractivity contribution in [1.29, 1.82) is 0 Å². The van der Waals surface area contributed by atoms with Crippen LogP contribution in [0.5, 0.6) is 0 Å². The molecule has 5 heteroatoms. The van der Waals surface area contributed by atoms with Crippen molar-refractivity contribution in [3.8, 4) is 0 Å². The van der Waals surface area contributed by atoms with Crippen LogP contribution in [-0.4, -0.2) is 16.0 Å². The predicted molar refractivity (Wildman–Crippen MR) is 60.1 cm³/mol. The minimum Gasteiger partial charge on any atom is -0.393 e. The zero-order valence-corrected chi connectivity index (χ0v) is 9.09. The number of anilines is 2. The molecule has 2 aliphatic carbocycles. The van der Waals surface area contributed by atoms with Gasteiger partial charge in [-0.05, 0) is 25.7 Å². The van der Waals surface area contributed by atoms with Gasteiger partial charge in [0.05, 0.1) is 0 Å². The van der Waals surface area contributed by atoms with Crippen LogP contribution in [0.3, 0.4) is 0 Å². The van der Waals surface area contributed by atoms with E-state index in [1.807, 2.05) is 0 Å². The Bertz CT molecular complexity index is 399. The van der Waals surface area contributed by atoms with Crippen LogP contribution in [-0.2, 0) is 0 Å². The van der Waals surface area contributed by atoms with E-state index in [4.69, 9.17) is 17.3 Å². The zero-order valence-electron chi connectivity index (χ0n) is 8.33. The Labute approximate surface area is 93.2 Å². The maximum atomic E-state index is 5.98. The fraction of sp³-hybridized carbons (Fsp3) is 0.600. The molecule has 3 rings (SSSR count). The summed E-state index contributed by atoms with van der Waals surface area (Å²) < 4.78 is 0. The Hall–Kier alpha value is -1.03. The highest BCUT2D eigenvalue weighted by atomic mass is 35.5. The van der Waals surface area contributed by atoms with E-state index in [0.717, 1.165) is 11.6 Å². The van der Waals surface area contributed by atoms with Gasteiger partial charge in [0.25, 0.3) is 0 Å². The van der Waals surface area contributed by atoms with Crippen LogP contribution < -0.4 is 11.1 Å². The predicted octanol–water partition coefficient (Wildman–Crippen LogP) is 2.16. The molecule has 0 aliphatic heterocycles. The van der Waals surface area contributed by atoms with Crippen LogP contribution in [0.2, 0.25) is 5.15 Å². The Morgan fingerprint density at radius 2 is 1.93 bits per heavy atom. The molecule has 0 unspecified atom stereocenters. The number of nitrogens with one attached hydrogen (secondary N) is 1. The van der Waals surface area contributed by atoms with E-state index in [2.05, 4.69) is 15.3 Å². The molecule has 15 heavy (non-hydrogen) atoms. The molecule has 2 saturated carbocycles. The van der Waals surface area contributed by atoms with E-state index in [-0.39, 0.29) is 0 Å². The Morgan fingerprint density at radius 3 is 2.53 bits per heavy atom. The first-order valence-corrected chi connectivity index (χ1v) is 5.71. The molecule has 1 aromatic rings. The molecule has 0 aromatic carbocycles. The van der Waals surface area contributed by atoms with Crippen molar-refractivity contribution in [2.75, 3.05) is 11.1 Å². The van der Waals surface area contributed by atoms with Crippen molar-refractivity contribution in [1.82, 2.24) is 9.97 Å². The van der Waals surface area contributed by atoms with Crippen molar-refractivity contribution in [3.63, 3.8) is 0 Å². The van der Waals surface area contributed by atoms with Gasteiger partial charge >= 0.3 is 0 Å². The SMILES string of the molecule is Nc1c(Cl)nc(C2CC2)nc1NC1CC1. The minimum absolute atomic E-state index is 0.384. The molecule has 2 fully saturated rings. The van der Waals surface area contributed by atoms with Gasteiger partial charge in [-0.1, -0.05) is 11.6 Å². The second kappa shape index (κ2) is 3.23. The van der Waals surface area contributed by atoms with E-state index in [0.29, 0.717) is 22.8 Å². The van der Waals surface area contributed by atoms with E-state index < -0.39 is 0 Å². The van der Waals surface area contributed by atoms with Gasteiger partial charge in [-0.2, -0.15) is 0 Å². The molecule has 2 aliphatic rings. The van der Waals surface area contributed by atoms with E-state index >= 15 is 0 Å². The second-order valence-electron chi connectivity index (χ2n) is 4.33. The Kier molecular flexibility index (Phi) is 1.99. The van der Waals surface area contributed by atoms with Crippen LogP contribution >= 0.6 is 11.6 Å². The molecule has 0 spiro atoms. The van der Waals surface area contributed by atoms with Crippen molar-refractivity contribution >= 4 is 23.1 Å².